The molecule has 0 aromatic heterocycles. The first-order valence-electron chi connectivity index (χ1n) is 5.77. The molecule has 1 rings (SSSR count). The van der Waals surface area contributed by atoms with Gasteiger partial charge in [-0.2, -0.15) is 0 Å². The van der Waals surface area contributed by atoms with E-state index in [0.717, 1.165) is 0 Å². The molecule has 0 radical (unpaired) electrons. The summed E-state index contributed by atoms with van der Waals surface area (Å²) < 4.78 is 32.1. The molecule has 0 saturated carbocycles. The Morgan fingerprint density at radius 2 is 2.06 bits per heavy atom. The zero-order valence-electron chi connectivity index (χ0n) is 10.9. The predicted molar refractivity (Wildman–Crippen MR) is 71.1 cm³/mol. The third kappa shape index (κ3) is 3.97. The molecule has 0 bridgehead atoms. The highest BCUT2D eigenvalue weighted by atomic mass is 32.2. The van der Waals surface area contributed by atoms with Gasteiger partial charge in [0.25, 0.3) is 0 Å². The minimum Gasteiger partial charge on any atom is -0.494 e. The molecule has 0 aliphatic rings. The van der Waals surface area contributed by atoms with Crippen molar-refractivity contribution in [3.8, 4) is 5.75 Å². The quantitative estimate of drug-likeness (QED) is 0.812. The molecule has 0 fully saturated rings. The monoisotopic (exact) mass is 272 g/mol. The minimum atomic E-state index is -3.58. The number of nitrogens with one attached hydrogen (secondary N) is 1. The fraction of sp³-hybridized carbons (Fsp3) is 0.500. The molecule has 0 spiro atoms. The van der Waals surface area contributed by atoms with E-state index in [9.17, 15) is 8.42 Å². The van der Waals surface area contributed by atoms with Crippen molar-refractivity contribution in [1.82, 2.24) is 4.72 Å². The number of nitrogens with two attached hydrogens (primary N) is 1. The van der Waals surface area contributed by atoms with E-state index in [1.165, 1.54) is 12.1 Å². The SMILES string of the molecule is CCOc1cccc(S(=O)(=O)NC(C)(C)CN)c1. The third-order valence-electron chi connectivity index (χ3n) is 2.35. The molecule has 18 heavy (non-hydrogen) atoms. The summed E-state index contributed by atoms with van der Waals surface area (Å²) in [6.45, 7) is 6.02. The van der Waals surface area contributed by atoms with Crippen LogP contribution in [0.15, 0.2) is 29.2 Å². The molecule has 3 N–H and O–H groups in total. The molecule has 0 atom stereocenters. The second-order valence-electron chi connectivity index (χ2n) is 4.60. The largest absolute Gasteiger partial charge is 0.494 e. The van der Waals surface area contributed by atoms with Gasteiger partial charge in [0.15, 0.2) is 0 Å². The summed E-state index contributed by atoms with van der Waals surface area (Å²) in [4.78, 5) is 0.176. The van der Waals surface area contributed by atoms with Crippen LogP contribution in [0, 0.1) is 0 Å². The normalized spacial score (nSPS) is 12.4. The zero-order valence-corrected chi connectivity index (χ0v) is 11.8. The lowest BCUT2D eigenvalue weighted by molar-refractivity contribution is 0.339. The summed E-state index contributed by atoms with van der Waals surface area (Å²) in [7, 11) is -3.58. The Balaban J connectivity index is 3.01. The second-order valence-corrected chi connectivity index (χ2v) is 6.28. The topological polar surface area (TPSA) is 81.4 Å². The Morgan fingerprint density at radius 3 is 2.61 bits per heavy atom. The fourth-order valence-corrected chi connectivity index (χ4v) is 2.82. The summed E-state index contributed by atoms with van der Waals surface area (Å²) >= 11 is 0. The van der Waals surface area contributed by atoms with Crippen LogP contribution in [0.3, 0.4) is 0 Å². The van der Waals surface area contributed by atoms with Gasteiger partial charge in [-0.3, -0.25) is 0 Å². The third-order valence-corrected chi connectivity index (χ3v) is 4.04. The summed E-state index contributed by atoms with van der Waals surface area (Å²) in [5.41, 5.74) is 4.84. The van der Waals surface area contributed by atoms with Crippen LogP contribution >= 0.6 is 0 Å². The van der Waals surface area contributed by atoms with Crippen LogP contribution in [-0.2, 0) is 10.0 Å². The minimum absolute atomic E-state index is 0.176. The van der Waals surface area contributed by atoms with Gasteiger partial charge in [-0.15, -0.1) is 0 Å². The maximum absolute atomic E-state index is 12.1. The molecule has 0 unspecified atom stereocenters. The predicted octanol–water partition coefficient (Wildman–Crippen LogP) is 1.10. The van der Waals surface area contributed by atoms with E-state index in [0.29, 0.717) is 12.4 Å². The highest BCUT2D eigenvalue weighted by Gasteiger charge is 2.25. The highest BCUT2D eigenvalue weighted by Crippen LogP contribution is 2.18. The number of ether oxygens (including phenoxy) is 1. The lowest BCUT2D eigenvalue weighted by Gasteiger charge is -2.23. The van der Waals surface area contributed by atoms with Crippen LogP contribution in [0.5, 0.6) is 5.75 Å². The van der Waals surface area contributed by atoms with Crippen molar-refractivity contribution in [2.24, 2.45) is 5.73 Å². The number of benzene rings is 1. The smallest absolute Gasteiger partial charge is 0.241 e. The zero-order chi connectivity index (χ0) is 13.8. The molecule has 0 heterocycles. The lowest BCUT2D eigenvalue weighted by Crippen LogP contribution is -2.48. The Labute approximate surface area is 108 Å². The van der Waals surface area contributed by atoms with Gasteiger partial charge in [-0.1, -0.05) is 6.07 Å². The van der Waals surface area contributed by atoms with E-state index in [1.807, 2.05) is 6.92 Å². The summed E-state index contributed by atoms with van der Waals surface area (Å²) in [6, 6.07) is 6.39. The van der Waals surface area contributed by atoms with Crippen LogP contribution in [0.2, 0.25) is 0 Å². The molecule has 102 valence electrons. The average Bonchev–Trinajstić information content (AvgIpc) is 2.29. The first-order chi connectivity index (χ1) is 8.30. The molecule has 1 aromatic rings. The summed E-state index contributed by atoms with van der Waals surface area (Å²) in [5, 5.41) is 0. The first-order valence-corrected chi connectivity index (χ1v) is 7.26. The van der Waals surface area contributed by atoms with E-state index in [1.54, 1.807) is 26.0 Å². The van der Waals surface area contributed by atoms with Crippen LogP contribution in [-0.4, -0.2) is 27.1 Å². The average molecular weight is 272 g/mol. The van der Waals surface area contributed by atoms with Gasteiger partial charge in [0.2, 0.25) is 10.0 Å². The van der Waals surface area contributed by atoms with E-state index in [4.69, 9.17) is 10.5 Å². The lowest BCUT2D eigenvalue weighted by atomic mass is 10.1. The van der Waals surface area contributed by atoms with Crippen molar-refractivity contribution in [2.45, 2.75) is 31.2 Å². The number of hydrogen-bond donors (Lipinski definition) is 2. The Morgan fingerprint density at radius 1 is 1.39 bits per heavy atom. The van der Waals surface area contributed by atoms with E-state index >= 15 is 0 Å². The Hall–Kier alpha value is -1.11. The molecule has 0 saturated heterocycles. The van der Waals surface area contributed by atoms with E-state index < -0.39 is 15.6 Å². The Kier molecular flexibility index (Phi) is 4.72. The van der Waals surface area contributed by atoms with Crippen LogP contribution < -0.4 is 15.2 Å². The standard InChI is InChI=1S/C12H20N2O3S/c1-4-17-10-6-5-7-11(8-10)18(15,16)14-12(2,3)9-13/h5-8,14H,4,9,13H2,1-3H3. The van der Waals surface area contributed by atoms with Gasteiger partial charge in [0, 0.05) is 18.2 Å². The van der Waals surface area contributed by atoms with Gasteiger partial charge < -0.3 is 10.5 Å². The highest BCUT2D eigenvalue weighted by molar-refractivity contribution is 7.89. The summed E-state index contributed by atoms with van der Waals surface area (Å²) in [6.07, 6.45) is 0. The molecule has 1 aromatic carbocycles. The van der Waals surface area contributed by atoms with Crippen molar-refractivity contribution in [3.63, 3.8) is 0 Å². The van der Waals surface area contributed by atoms with Gasteiger partial charge in [-0.25, -0.2) is 13.1 Å². The van der Waals surface area contributed by atoms with E-state index in [2.05, 4.69) is 4.72 Å². The van der Waals surface area contributed by atoms with Gasteiger partial charge >= 0.3 is 0 Å². The first kappa shape index (κ1) is 14.9. The molecule has 6 heteroatoms. The van der Waals surface area contributed by atoms with Crippen LogP contribution in [0.4, 0.5) is 0 Å². The van der Waals surface area contributed by atoms with Crippen molar-refractivity contribution in [1.29, 1.82) is 0 Å². The van der Waals surface area contributed by atoms with Crippen molar-refractivity contribution in [2.75, 3.05) is 13.2 Å². The van der Waals surface area contributed by atoms with Gasteiger partial charge in [0.05, 0.1) is 11.5 Å². The molecular formula is C12H20N2O3S. The van der Waals surface area contributed by atoms with Gasteiger partial charge in [-0.05, 0) is 32.9 Å². The van der Waals surface area contributed by atoms with Crippen molar-refractivity contribution in [3.05, 3.63) is 24.3 Å². The fourth-order valence-electron chi connectivity index (χ4n) is 1.36. The van der Waals surface area contributed by atoms with E-state index in [-0.39, 0.29) is 11.4 Å². The molecule has 0 amide bonds. The molecule has 0 aliphatic carbocycles. The number of sulfonamides is 1. The van der Waals surface area contributed by atoms with Crippen molar-refractivity contribution >= 4 is 10.0 Å². The maximum Gasteiger partial charge on any atom is 0.241 e. The van der Waals surface area contributed by atoms with Gasteiger partial charge in [0.1, 0.15) is 5.75 Å². The number of hydrogen-bond acceptors (Lipinski definition) is 4. The van der Waals surface area contributed by atoms with Crippen LogP contribution in [0.25, 0.3) is 0 Å². The van der Waals surface area contributed by atoms with Crippen LogP contribution in [0.1, 0.15) is 20.8 Å². The molecular weight excluding hydrogens is 252 g/mol. The van der Waals surface area contributed by atoms with Crippen molar-refractivity contribution < 1.29 is 13.2 Å². The molecule has 0 aliphatic heterocycles. The summed E-state index contributed by atoms with van der Waals surface area (Å²) in [5.74, 6) is 0.533. The number of rotatable bonds is 6. The Bertz CT molecular complexity index is 498. The maximum atomic E-state index is 12.1. The second kappa shape index (κ2) is 5.69. The molecule has 5 nitrogen and oxygen atoms in total.